The maximum absolute atomic E-state index is 13.3. The standard InChI is InChI=1S/C25H24N2O2.C16H13NO2.C8H12N2O/c1-16-15-17(2)26-25(29)20(16)13-14-23(28)24-18(3)27(19-9-5-4-6-10-19)22-12-8-7-11-21(22)24;1-11-15(16(18)19)13-9-5-6-10-14(13)17(11)12-7-3-2-4-8-12;1-5-3-6(2)10-8(11)7(5)4-9/h4-12,15H,13-14H2,1-3H3,(H,26,29);2-10H,1H3,(H,18,19);3H,4,9H2,1-2H3,(H,10,11). The van der Waals surface area contributed by atoms with Gasteiger partial charge in [-0.1, -0.05) is 72.8 Å². The van der Waals surface area contributed by atoms with Gasteiger partial charge in [0, 0.05) is 74.6 Å². The van der Waals surface area contributed by atoms with Crippen molar-refractivity contribution in [1.29, 1.82) is 0 Å². The van der Waals surface area contributed by atoms with Gasteiger partial charge in [-0.25, -0.2) is 4.79 Å². The second-order valence-electron chi connectivity index (χ2n) is 14.6. The lowest BCUT2D eigenvalue weighted by Crippen LogP contribution is -2.18. The monoisotopic (exact) mass is 787 g/mol. The summed E-state index contributed by atoms with van der Waals surface area (Å²) in [5.41, 5.74) is 16.9. The van der Waals surface area contributed by atoms with Crippen LogP contribution >= 0.6 is 0 Å². The number of H-pyrrole nitrogens is 2. The summed E-state index contributed by atoms with van der Waals surface area (Å²) in [6.45, 7) is 11.7. The number of carbonyl (C=O) groups is 2. The van der Waals surface area contributed by atoms with Crippen molar-refractivity contribution in [2.24, 2.45) is 5.73 Å². The van der Waals surface area contributed by atoms with Crippen LogP contribution < -0.4 is 16.9 Å². The molecule has 5 N–H and O–H groups in total. The third kappa shape index (κ3) is 8.78. The number of carboxylic acid groups (broad SMARTS) is 1. The van der Waals surface area contributed by atoms with Gasteiger partial charge in [0.25, 0.3) is 11.1 Å². The largest absolute Gasteiger partial charge is 0.478 e. The maximum Gasteiger partial charge on any atom is 0.338 e. The first-order valence-corrected chi connectivity index (χ1v) is 19.5. The number of nitrogens with two attached hydrogens (primary N) is 1. The minimum absolute atomic E-state index is 0.0627. The fourth-order valence-corrected chi connectivity index (χ4v) is 7.87. The summed E-state index contributed by atoms with van der Waals surface area (Å²) in [4.78, 5) is 53.7. The Morgan fingerprint density at radius 2 is 0.983 bits per heavy atom. The minimum Gasteiger partial charge on any atom is -0.478 e. The fraction of sp³-hybridized carbons (Fsp3) is 0.184. The van der Waals surface area contributed by atoms with Crippen molar-refractivity contribution >= 4 is 33.6 Å². The highest BCUT2D eigenvalue weighted by Crippen LogP contribution is 2.31. The van der Waals surface area contributed by atoms with Gasteiger partial charge in [0.05, 0.1) is 16.6 Å². The number of nitrogens with one attached hydrogen (secondary N) is 2. The number of hydrogen-bond donors (Lipinski definition) is 4. The van der Waals surface area contributed by atoms with E-state index in [0.717, 1.165) is 72.6 Å². The third-order valence-electron chi connectivity index (χ3n) is 10.5. The van der Waals surface area contributed by atoms with Crippen LogP contribution in [0.3, 0.4) is 0 Å². The Morgan fingerprint density at radius 1 is 0.576 bits per heavy atom. The Bertz CT molecular complexity index is 2920. The van der Waals surface area contributed by atoms with E-state index in [1.54, 1.807) is 0 Å². The first-order chi connectivity index (χ1) is 28.3. The predicted octanol–water partition coefficient (Wildman–Crippen LogP) is 9.15. The molecule has 8 aromatic rings. The highest BCUT2D eigenvalue weighted by Gasteiger charge is 2.22. The zero-order chi connectivity index (χ0) is 42.4. The van der Waals surface area contributed by atoms with Crippen LogP contribution in [0, 0.1) is 41.5 Å². The Balaban J connectivity index is 0.000000166. The third-order valence-corrected chi connectivity index (χ3v) is 10.5. The van der Waals surface area contributed by atoms with Crippen molar-refractivity contribution in [2.45, 2.75) is 60.9 Å². The lowest BCUT2D eigenvalue weighted by molar-refractivity contribution is 0.0697. The number of carbonyl (C=O) groups excluding carboxylic acids is 1. The first kappa shape index (κ1) is 41.6. The molecule has 4 aromatic heterocycles. The number of aromatic carboxylic acids is 1. The molecule has 0 radical (unpaired) electrons. The van der Waals surface area contributed by atoms with Crippen LogP contribution in [0.2, 0.25) is 0 Å². The average Bonchev–Trinajstić information content (AvgIpc) is 3.68. The van der Waals surface area contributed by atoms with Gasteiger partial charge in [0.15, 0.2) is 5.78 Å². The smallest absolute Gasteiger partial charge is 0.338 e. The van der Waals surface area contributed by atoms with E-state index in [9.17, 15) is 24.3 Å². The molecule has 0 saturated carbocycles. The van der Waals surface area contributed by atoms with Crippen LogP contribution in [0.1, 0.15) is 72.2 Å². The Labute approximate surface area is 342 Å². The normalized spacial score (nSPS) is 10.8. The molecule has 10 nitrogen and oxygen atoms in total. The Morgan fingerprint density at radius 3 is 1.42 bits per heavy atom. The van der Waals surface area contributed by atoms with Crippen molar-refractivity contribution in [2.75, 3.05) is 0 Å². The number of nitrogens with zero attached hydrogens (tertiary/aromatic N) is 2. The van der Waals surface area contributed by atoms with Crippen LogP contribution in [-0.2, 0) is 13.0 Å². The molecule has 8 rings (SSSR count). The van der Waals surface area contributed by atoms with Gasteiger partial charge in [0.2, 0.25) is 0 Å². The number of ketones is 1. The van der Waals surface area contributed by atoms with Crippen LogP contribution in [-0.4, -0.2) is 36.0 Å². The van der Waals surface area contributed by atoms with Gasteiger partial charge >= 0.3 is 5.97 Å². The quantitative estimate of drug-likeness (QED) is 0.113. The number of aromatic amines is 2. The SMILES string of the molecule is Cc1c(C(=O)O)c2ccccc2n1-c1ccccc1.Cc1cc(C)c(CCC(=O)c2c(C)n(-c3ccccc3)c3ccccc23)c(=O)[nH]1.Cc1cc(C)c(CN)c(=O)[nH]1. The second-order valence-corrected chi connectivity index (χ2v) is 14.6. The van der Waals surface area contributed by atoms with Gasteiger partial charge in [-0.2, -0.15) is 0 Å². The van der Waals surface area contributed by atoms with Crippen molar-refractivity contribution in [3.8, 4) is 11.4 Å². The molecule has 0 amide bonds. The molecular weight excluding hydrogens is 739 g/mol. The molecule has 0 aliphatic rings. The number of rotatable bonds is 8. The molecule has 0 unspecified atom stereocenters. The van der Waals surface area contributed by atoms with Crippen LogP contribution in [0.4, 0.5) is 0 Å². The van der Waals surface area contributed by atoms with E-state index < -0.39 is 5.97 Å². The highest BCUT2D eigenvalue weighted by molar-refractivity contribution is 6.10. The molecule has 4 heterocycles. The first-order valence-electron chi connectivity index (χ1n) is 19.5. The van der Waals surface area contributed by atoms with Gasteiger partial charge in [-0.15, -0.1) is 0 Å². The zero-order valence-corrected chi connectivity index (χ0v) is 34.2. The summed E-state index contributed by atoms with van der Waals surface area (Å²) in [6, 6.07) is 39.3. The number of fused-ring (bicyclic) bond motifs is 2. The van der Waals surface area contributed by atoms with Gasteiger partial charge in [-0.3, -0.25) is 14.4 Å². The van der Waals surface area contributed by atoms with Crippen molar-refractivity contribution in [1.82, 2.24) is 19.1 Å². The molecule has 0 aliphatic carbocycles. The second kappa shape index (κ2) is 18.0. The highest BCUT2D eigenvalue weighted by atomic mass is 16.4. The molecule has 10 heteroatoms. The van der Waals surface area contributed by atoms with Crippen molar-refractivity contribution < 1.29 is 14.7 Å². The van der Waals surface area contributed by atoms with E-state index in [0.29, 0.717) is 36.1 Å². The number of carboxylic acids is 1. The summed E-state index contributed by atoms with van der Waals surface area (Å²) in [7, 11) is 0. The van der Waals surface area contributed by atoms with E-state index in [1.807, 2.05) is 167 Å². The topological polar surface area (TPSA) is 156 Å². The molecule has 0 aliphatic heterocycles. The number of benzene rings is 4. The molecule has 59 heavy (non-hydrogen) atoms. The Hall–Kier alpha value is -7.04. The minimum atomic E-state index is -0.886. The van der Waals surface area contributed by atoms with Crippen LogP contribution in [0.15, 0.2) is 131 Å². The van der Waals surface area contributed by atoms with E-state index >= 15 is 0 Å². The number of hydrogen-bond acceptors (Lipinski definition) is 5. The van der Waals surface area contributed by atoms with Crippen molar-refractivity contribution in [3.05, 3.63) is 198 Å². The summed E-state index contributed by atoms with van der Waals surface area (Å²) >= 11 is 0. The molecule has 0 fully saturated rings. The number of pyridine rings is 2. The van der Waals surface area contributed by atoms with E-state index in [1.165, 1.54) is 0 Å². The summed E-state index contributed by atoms with van der Waals surface area (Å²) in [5, 5.41) is 11.1. The van der Waals surface area contributed by atoms with Crippen LogP contribution in [0.25, 0.3) is 33.2 Å². The molecule has 0 atom stereocenters. The molecule has 0 spiro atoms. The van der Waals surface area contributed by atoms with E-state index in [4.69, 9.17) is 5.73 Å². The van der Waals surface area contributed by atoms with E-state index in [2.05, 4.69) is 14.5 Å². The predicted molar refractivity (Wildman–Crippen MR) is 237 cm³/mol. The van der Waals surface area contributed by atoms with E-state index in [-0.39, 0.29) is 16.9 Å². The average molecular weight is 788 g/mol. The molecule has 0 saturated heterocycles. The molecule has 4 aromatic carbocycles. The fourth-order valence-electron chi connectivity index (χ4n) is 7.87. The van der Waals surface area contributed by atoms with Gasteiger partial charge < -0.3 is 29.9 Å². The summed E-state index contributed by atoms with van der Waals surface area (Å²) in [6.07, 6.45) is 0.737. The van der Waals surface area contributed by atoms with Crippen molar-refractivity contribution in [3.63, 3.8) is 0 Å². The number of Topliss-reactive ketones (excluding diaryl/α,β-unsaturated/α-hetero) is 1. The number of aryl methyl sites for hydroxylation is 4. The number of aromatic nitrogens is 4. The number of para-hydroxylation sites is 4. The van der Waals surface area contributed by atoms with Crippen LogP contribution in [0.5, 0.6) is 0 Å². The molecule has 0 bridgehead atoms. The molecule has 300 valence electrons. The Kier molecular flexibility index (Phi) is 12.7. The summed E-state index contributed by atoms with van der Waals surface area (Å²) < 4.78 is 4.12. The maximum atomic E-state index is 13.3. The zero-order valence-electron chi connectivity index (χ0n) is 34.2. The molecular formula is C49H49N5O5. The lowest BCUT2D eigenvalue weighted by atomic mass is 9.99. The lowest BCUT2D eigenvalue weighted by Gasteiger charge is -2.09. The summed E-state index contributed by atoms with van der Waals surface area (Å²) in [5.74, 6) is -0.823. The van der Waals surface area contributed by atoms with Gasteiger partial charge in [0.1, 0.15) is 0 Å². The van der Waals surface area contributed by atoms with Gasteiger partial charge in [-0.05, 0) is 108 Å².